The third-order valence-corrected chi connectivity index (χ3v) is 3.56. The predicted octanol–water partition coefficient (Wildman–Crippen LogP) is 1.55. The number of ether oxygens (including phenoxy) is 1. The van der Waals surface area contributed by atoms with Gasteiger partial charge in [0.2, 0.25) is 0 Å². The first kappa shape index (κ1) is 15.3. The maximum absolute atomic E-state index is 13.4. The van der Waals surface area contributed by atoms with Gasteiger partial charge in [-0.05, 0) is 17.7 Å². The Morgan fingerprint density at radius 3 is 2.78 bits per heavy atom. The largest absolute Gasteiger partial charge is 0.382 e. The fourth-order valence-electron chi connectivity index (χ4n) is 2.36. The smallest absolute Gasteiger partial charge is 0.274 e. The number of nitrogens with two attached hydrogens (primary N) is 1. The van der Waals surface area contributed by atoms with Crippen LogP contribution in [0.5, 0.6) is 0 Å². The molecule has 2 heterocycles. The summed E-state index contributed by atoms with van der Waals surface area (Å²) in [7, 11) is 0. The highest BCUT2D eigenvalue weighted by molar-refractivity contribution is 5.92. The highest BCUT2D eigenvalue weighted by atomic mass is 19.2. The summed E-state index contributed by atoms with van der Waals surface area (Å²) in [6.07, 6.45) is 2.09. The Bertz CT molecular complexity index is 724. The standard InChI is InChI=1S/C15H14F2N4O2/c16-10-2-1-9(5-11(10)17)13-8-21(3-4-23-13)15(22)12-6-20-14(18)7-19-12/h1-2,5-7,13H,3-4,8H2,(H2,18,20). The number of hydrogen-bond acceptors (Lipinski definition) is 5. The number of nitrogens with zero attached hydrogens (tertiary/aromatic N) is 3. The summed E-state index contributed by atoms with van der Waals surface area (Å²) in [4.78, 5) is 21.7. The van der Waals surface area contributed by atoms with Crippen LogP contribution >= 0.6 is 0 Å². The Morgan fingerprint density at radius 1 is 1.26 bits per heavy atom. The van der Waals surface area contributed by atoms with Crippen LogP contribution in [0.1, 0.15) is 22.2 Å². The summed E-state index contributed by atoms with van der Waals surface area (Å²) in [5.41, 5.74) is 6.09. The van der Waals surface area contributed by atoms with Gasteiger partial charge in [0.1, 0.15) is 17.6 Å². The number of morpholine rings is 1. The van der Waals surface area contributed by atoms with Crippen molar-refractivity contribution in [3.63, 3.8) is 0 Å². The minimum Gasteiger partial charge on any atom is -0.382 e. The summed E-state index contributed by atoms with van der Waals surface area (Å²) in [5, 5.41) is 0. The number of halogens is 2. The van der Waals surface area contributed by atoms with Gasteiger partial charge in [-0.2, -0.15) is 0 Å². The van der Waals surface area contributed by atoms with Crippen LogP contribution in [0, 0.1) is 11.6 Å². The minimum atomic E-state index is -0.945. The van der Waals surface area contributed by atoms with Crippen molar-refractivity contribution in [2.75, 3.05) is 25.4 Å². The molecule has 0 saturated carbocycles. The molecule has 1 aliphatic heterocycles. The van der Waals surface area contributed by atoms with E-state index in [1.807, 2.05) is 0 Å². The fraction of sp³-hybridized carbons (Fsp3) is 0.267. The Morgan fingerprint density at radius 2 is 2.09 bits per heavy atom. The van der Waals surface area contributed by atoms with Crippen LogP contribution < -0.4 is 5.73 Å². The van der Waals surface area contributed by atoms with Crippen LogP contribution in [-0.2, 0) is 4.74 Å². The predicted molar refractivity (Wildman–Crippen MR) is 77.4 cm³/mol. The van der Waals surface area contributed by atoms with E-state index in [1.54, 1.807) is 0 Å². The molecule has 2 N–H and O–H groups in total. The van der Waals surface area contributed by atoms with E-state index in [0.717, 1.165) is 12.1 Å². The van der Waals surface area contributed by atoms with Crippen molar-refractivity contribution >= 4 is 11.7 Å². The van der Waals surface area contributed by atoms with Crippen LogP contribution in [0.3, 0.4) is 0 Å². The van der Waals surface area contributed by atoms with E-state index in [0.29, 0.717) is 12.1 Å². The third-order valence-electron chi connectivity index (χ3n) is 3.56. The van der Waals surface area contributed by atoms with Gasteiger partial charge >= 0.3 is 0 Å². The summed E-state index contributed by atoms with van der Waals surface area (Å²) in [6.45, 7) is 0.888. The monoisotopic (exact) mass is 320 g/mol. The second kappa shape index (κ2) is 6.25. The lowest BCUT2D eigenvalue weighted by molar-refractivity contribution is -0.0231. The summed E-state index contributed by atoms with van der Waals surface area (Å²) in [5.74, 6) is -1.95. The van der Waals surface area contributed by atoms with Crippen molar-refractivity contribution in [3.8, 4) is 0 Å². The Hall–Kier alpha value is -2.61. The van der Waals surface area contributed by atoms with E-state index in [-0.39, 0.29) is 30.6 Å². The van der Waals surface area contributed by atoms with Crippen molar-refractivity contribution in [2.24, 2.45) is 0 Å². The summed E-state index contributed by atoms with van der Waals surface area (Å²) in [6, 6.07) is 3.57. The summed E-state index contributed by atoms with van der Waals surface area (Å²) >= 11 is 0. The fourth-order valence-corrected chi connectivity index (χ4v) is 2.36. The topological polar surface area (TPSA) is 81.3 Å². The Labute approximate surface area is 130 Å². The van der Waals surface area contributed by atoms with E-state index in [2.05, 4.69) is 9.97 Å². The molecule has 1 aliphatic rings. The number of benzene rings is 1. The number of carbonyl (C=O) groups excluding carboxylic acids is 1. The quantitative estimate of drug-likeness (QED) is 0.908. The molecule has 1 aromatic heterocycles. The molecule has 0 spiro atoms. The number of nitrogen functional groups attached to an aromatic ring is 1. The van der Waals surface area contributed by atoms with Gasteiger partial charge < -0.3 is 15.4 Å². The normalized spacial score (nSPS) is 18.0. The molecule has 0 bridgehead atoms. The Kier molecular flexibility index (Phi) is 4.16. The molecule has 6 nitrogen and oxygen atoms in total. The molecule has 1 unspecified atom stereocenters. The molecule has 120 valence electrons. The zero-order valence-corrected chi connectivity index (χ0v) is 12.1. The van der Waals surface area contributed by atoms with Gasteiger partial charge in [-0.15, -0.1) is 0 Å². The molecule has 2 aromatic rings. The number of amides is 1. The molecule has 1 aromatic carbocycles. The lowest BCUT2D eigenvalue weighted by atomic mass is 10.1. The van der Waals surface area contributed by atoms with Crippen molar-refractivity contribution in [1.29, 1.82) is 0 Å². The SMILES string of the molecule is Nc1cnc(C(=O)N2CCOC(c3ccc(F)c(F)c3)C2)cn1. The lowest BCUT2D eigenvalue weighted by Crippen LogP contribution is -2.42. The third kappa shape index (κ3) is 3.26. The molecule has 0 aliphatic carbocycles. The number of carbonyl (C=O) groups is 1. The van der Waals surface area contributed by atoms with Crippen LogP contribution in [0.4, 0.5) is 14.6 Å². The zero-order chi connectivity index (χ0) is 16.4. The molecule has 1 saturated heterocycles. The highest BCUT2D eigenvalue weighted by Crippen LogP contribution is 2.24. The number of aromatic nitrogens is 2. The molecule has 23 heavy (non-hydrogen) atoms. The van der Waals surface area contributed by atoms with Gasteiger partial charge in [0.15, 0.2) is 11.6 Å². The molecule has 1 atom stereocenters. The molecule has 1 amide bonds. The zero-order valence-electron chi connectivity index (χ0n) is 12.1. The van der Waals surface area contributed by atoms with E-state index in [1.165, 1.54) is 23.4 Å². The number of anilines is 1. The van der Waals surface area contributed by atoms with Crippen molar-refractivity contribution in [3.05, 3.63) is 53.5 Å². The van der Waals surface area contributed by atoms with E-state index in [4.69, 9.17) is 10.5 Å². The maximum Gasteiger partial charge on any atom is 0.274 e. The average Bonchev–Trinajstić information content (AvgIpc) is 2.57. The lowest BCUT2D eigenvalue weighted by Gasteiger charge is -2.33. The number of hydrogen-bond donors (Lipinski definition) is 1. The second-order valence-corrected chi connectivity index (χ2v) is 5.11. The molecule has 0 radical (unpaired) electrons. The molecular weight excluding hydrogens is 306 g/mol. The van der Waals surface area contributed by atoms with Crippen LogP contribution in [0.2, 0.25) is 0 Å². The maximum atomic E-state index is 13.4. The van der Waals surface area contributed by atoms with Gasteiger partial charge in [-0.3, -0.25) is 4.79 Å². The van der Waals surface area contributed by atoms with Crippen molar-refractivity contribution < 1.29 is 18.3 Å². The Balaban J connectivity index is 1.76. The van der Waals surface area contributed by atoms with Crippen molar-refractivity contribution in [2.45, 2.75) is 6.10 Å². The van der Waals surface area contributed by atoms with Gasteiger partial charge in [-0.25, -0.2) is 18.7 Å². The molecule has 1 fully saturated rings. The van der Waals surface area contributed by atoms with Crippen LogP contribution in [0.25, 0.3) is 0 Å². The van der Waals surface area contributed by atoms with E-state index < -0.39 is 17.7 Å². The highest BCUT2D eigenvalue weighted by Gasteiger charge is 2.27. The first-order chi connectivity index (χ1) is 11.0. The van der Waals surface area contributed by atoms with Crippen molar-refractivity contribution in [1.82, 2.24) is 14.9 Å². The van der Waals surface area contributed by atoms with Gasteiger partial charge in [-0.1, -0.05) is 6.07 Å². The molecular formula is C15H14F2N4O2. The molecule has 8 heteroatoms. The second-order valence-electron chi connectivity index (χ2n) is 5.11. The average molecular weight is 320 g/mol. The van der Waals surface area contributed by atoms with E-state index in [9.17, 15) is 13.6 Å². The summed E-state index contributed by atoms with van der Waals surface area (Å²) < 4.78 is 31.9. The van der Waals surface area contributed by atoms with Gasteiger partial charge in [0.25, 0.3) is 5.91 Å². The first-order valence-corrected chi connectivity index (χ1v) is 6.98. The first-order valence-electron chi connectivity index (χ1n) is 6.98. The van der Waals surface area contributed by atoms with Crippen LogP contribution in [0.15, 0.2) is 30.6 Å². The van der Waals surface area contributed by atoms with E-state index >= 15 is 0 Å². The molecule has 3 rings (SSSR count). The number of rotatable bonds is 2. The van der Waals surface area contributed by atoms with Gasteiger partial charge in [0.05, 0.1) is 25.5 Å². The van der Waals surface area contributed by atoms with Gasteiger partial charge in [0, 0.05) is 6.54 Å². The van der Waals surface area contributed by atoms with Crippen LogP contribution in [-0.4, -0.2) is 40.5 Å². The minimum absolute atomic E-state index is 0.171.